The molecule has 0 aromatic heterocycles. The van der Waals surface area contributed by atoms with Crippen LogP contribution in [0, 0.1) is 11.8 Å². The van der Waals surface area contributed by atoms with E-state index in [-0.39, 0.29) is 17.9 Å². The van der Waals surface area contributed by atoms with Gasteiger partial charge in [-0.2, -0.15) is 0 Å². The molecule has 4 rings (SSSR count). The fourth-order valence-corrected chi connectivity index (χ4v) is 4.70. The molecule has 30 heavy (non-hydrogen) atoms. The van der Waals surface area contributed by atoms with E-state index in [2.05, 4.69) is 65.4 Å². The lowest BCUT2D eigenvalue weighted by Gasteiger charge is -2.49. The first-order valence-corrected chi connectivity index (χ1v) is 11.1. The van der Waals surface area contributed by atoms with E-state index in [0.717, 1.165) is 44.8 Å². The number of nitrogens with one attached hydrogen (secondary N) is 1. The number of rotatable bonds is 6. The summed E-state index contributed by atoms with van der Waals surface area (Å²) < 4.78 is 5.30. The van der Waals surface area contributed by atoms with Crippen LogP contribution in [0.1, 0.15) is 25.8 Å². The van der Waals surface area contributed by atoms with Gasteiger partial charge in [0.15, 0.2) is 0 Å². The predicted octanol–water partition coefficient (Wildman–Crippen LogP) is 3.73. The number of hydrogen-bond acceptors (Lipinski definition) is 4. The number of benzene rings is 2. The van der Waals surface area contributed by atoms with Crippen LogP contribution in [0.2, 0.25) is 0 Å². The number of hydrogen-bond donors (Lipinski definition) is 1. The largest absolute Gasteiger partial charge is 0.497 e. The summed E-state index contributed by atoms with van der Waals surface area (Å²) in [6, 6.07) is 17.0. The first-order chi connectivity index (χ1) is 14.6. The Balaban J connectivity index is 1.56. The molecule has 1 saturated heterocycles. The van der Waals surface area contributed by atoms with Gasteiger partial charge in [0, 0.05) is 37.6 Å². The molecule has 1 amide bonds. The van der Waals surface area contributed by atoms with Crippen LogP contribution in [-0.2, 0) is 11.2 Å². The lowest BCUT2D eigenvalue weighted by Crippen LogP contribution is -2.61. The van der Waals surface area contributed by atoms with Crippen LogP contribution >= 0.6 is 0 Å². The fourth-order valence-electron chi connectivity index (χ4n) is 4.70. The van der Waals surface area contributed by atoms with Crippen molar-refractivity contribution in [2.45, 2.75) is 32.7 Å². The number of nitrogens with zero attached hydrogens (tertiary/aromatic N) is 2. The van der Waals surface area contributed by atoms with E-state index in [1.807, 2.05) is 12.1 Å². The highest BCUT2D eigenvalue weighted by atomic mass is 16.5. The third kappa shape index (κ3) is 4.25. The summed E-state index contributed by atoms with van der Waals surface area (Å²) in [5.41, 5.74) is 3.77. The van der Waals surface area contributed by atoms with Gasteiger partial charge in [0.1, 0.15) is 5.75 Å². The number of ether oxygens (including phenoxy) is 1. The summed E-state index contributed by atoms with van der Waals surface area (Å²) in [6.07, 6.45) is 1.82. The molecule has 0 saturated carbocycles. The van der Waals surface area contributed by atoms with Gasteiger partial charge in [0.05, 0.1) is 19.1 Å². The third-order valence-corrected chi connectivity index (χ3v) is 6.42. The quantitative estimate of drug-likeness (QED) is 0.793. The summed E-state index contributed by atoms with van der Waals surface area (Å²) >= 11 is 0. The Labute approximate surface area is 180 Å². The van der Waals surface area contributed by atoms with E-state index < -0.39 is 0 Å². The molecule has 0 aliphatic carbocycles. The van der Waals surface area contributed by atoms with Crippen molar-refractivity contribution in [1.29, 1.82) is 0 Å². The highest BCUT2D eigenvalue weighted by molar-refractivity contribution is 5.82. The van der Waals surface area contributed by atoms with Gasteiger partial charge in [0.25, 0.3) is 0 Å². The molecule has 2 aliphatic rings. The Morgan fingerprint density at radius 2 is 1.90 bits per heavy atom. The van der Waals surface area contributed by atoms with E-state index in [0.29, 0.717) is 5.92 Å². The Morgan fingerprint density at radius 1 is 1.13 bits per heavy atom. The molecule has 0 bridgehead atoms. The van der Waals surface area contributed by atoms with Crippen LogP contribution in [0.4, 0.5) is 11.4 Å². The predicted molar refractivity (Wildman–Crippen MR) is 122 cm³/mol. The standard InChI is InChI=1S/C25H33N3O2/c1-18(2)12-13-26-25(29)22-16-19-6-4-5-7-23(19)28-15-14-27(17-24(22)28)20-8-10-21(30-3)11-9-20/h4-11,18,22,24H,12-17H2,1-3H3,(H,26,29)/t22-,24+/m0/s1. The molecule has 2 heterocycles. The number of amides is 1. The van der Waals surface area contributed by atoms with Gasteiger partial charge in [-0.05, 0) is 54.7 Å². The van der Waals surface area contributed by atoms with Crippen molar-refractivity contribution >= 4 is 17.3 Å². The number of carbonyl (C=O) groups excluding carboxylic acids is 1. The van der Waals surface area contributed by atoms with Crippen molar-refractivity contribution in [2.75, 3.05) is 43.1 Å². The SMILES string of the molecule is COc1ccc(N2CCN3c4ccccc4C[C@H](C(=O)NCCC(C)C)[C@H]3C2)cc1. The second-order valence-corrected chi connectivity index (χ2v) is 8.82. The number of methoxy groups -OCH3 is 1. The molecule has 160 valence electrons. The van der Waals surface area contributed by atoms with Gasteiger partial charge in [-0.25, -0.2) is 0 Å². The number of para-hydroxylation sites is 1. The van der Waals surface area contributed by atoms with Crippen LogP contribution in [-0.4, -0.2) is 45.2 Å². The normalized spacial score (nSPS) is 20.5. The second-order valence-electron chi connectivity index (χ2n) is 8.82. The molecule has 1 fully saturated rings. The molecule has 0 spiro atoms. The molecule has 2 aromatic rings. The first-order valence-electron chi connectivity index (χ1n) is 11.1. The molecule has 5 nitrogen and oxygen atoms in total. The van der Waals surface area contributed by atoms with Gasteiger partial charge in [0.2, 0.25) is 5.91 Å². The molecule has 0 radical (unpaired) electrons. The van der Waals surface area contributed by atoms with Crippen molar-refractivity contribution in [1.82, 2.24) is 5.32 Å². The van der Waals surface area contributed by atoms with E-state index in [4.69, 9.17) is 4.74 Å². The Hall–Kier alpha value is -2.69. The maximum absolute atomic E-state index is 13.2. The minimum Gasteiger partial charge on any atom is -0.497 e. The van der Waals surface area contributed by atoms with Crippen LogP contribution in [0.3, 0.4) is 0 Å². The van der Waals surface area contributed by atoms with Crippen LogP contribution in [0.25, 0.3) is 0 Å². The monoisotopic (exact) mass is 407 g/mol. The minimum atomic E-state index is -0.0342. The van der Waals surface area contributed by atoms with Crippen molar-refractivity contribution < 1.29 is 9.53 Å². The smallest absolute Gasteiger partial charge is 0.225 e. The van der Waals surface area contributed by atoms with Crippen LogP contribution < -0.4 is 19.9 Å². The molecule has 2 atom stereocenters. The lowest BCUT2D eigenvalue weighted by molar-refractivity contribution is -0.125. The summed E-state index contributed by atoms with van der Waals surface area (Å²) in [6.45, 7) is 7.85. The lowest BCUT2D eigenvalue weighted by atomic mass is 9.83. The Kier molecular flexibility index (Phi) is 6.16. The average Bonchev–Trinajstić information content (AvgIpc) is 2.78. The molecular weight excluding hydrogens is 374 g/mol. The molecule has 5 heteroatoms. The third-order valence-electron chi connectivity index (χ3n) is 6.42. The number of fused-ring (bicyclic) bond motifs is 3. The van der Waals surface area contributed by atoms with Crippen molar-refractivity contribution in [3.8, 4) is 5.75 Å². The average molecular weight is 408 g/mol. The topological polar surface area (TPSA) is 44.8 Å². The summed E-state index contributed by atoms with van der Waals surface area (Å²) in [5, 5.41) is 3.22. The van der Waals surface area contributed by atoms with Gasteiger partial charge in [-0.1, -0.05) is 32.0 Å². The molecule has 1 N–H and O–H groups in total. The number of piperazine rings is 1. The first kappa shape index (κ1) is 20.6. The van der Waals surface area contributed by atoms with Crippen molar-refractivity contribution in [2.24, 2.45) is 11.8 Å². The highest BCUT2D eigenvalue weighted by Crippen LogP contribution is 2.37. The summed E-state index contributed by atoms with van der Waals surface area (Å²) in [7, 11) is 1.69. The highest BCUT2D eigenvalue weighted by Gasteiger charge is 2.41. The fraction of sp³-hybridized carbons (Fsp3) is 0.480. The van der Waals surface area contributed by atoms with Crippen molar-refractivity contribution in [3.63, 3.8) is 0 Å². The summed E-state index contributed by atoms with van der Waals surface area (Å²) in [5.74, 6) is 1.62. The maximum atomic E-state index is 13.2. The zero-order valence-corrected chi connectivity index (χ0v) is 18.3. The maximum Gasteiger partial charge on any atom is 0.225 e. The van der Waals surface area contributed by atoms with Gasteiger partial charge in [-0.3, -0.25) is 4.79 Å². The second kappa shape index (κ2) is 8.99. The minimum absolute atomic E-state index is 0.0342. The Morgan fingerprint density at radius 3 is 2.63 bits per heavy atom. The van der Waals surface area contributed by atoms with E-state index in [9.17, 15) is 4.79 Å². The van der Waals surface area contributed by atoms with Gasteiger partial charge < -0.3 is 19.9 Å². The number of anilines is 2. The Bertz CT molecular complexity index is 865. The zero-order chi connectivity index (χ0) is 21.1. The summed E-state index contributed by atoms with van der Waals surface area (Å²) in [4.78, 5) is 18.1. The molecular formula is C25H33N3O2. The van der Waals surface area contributed by atoms with E-state index in [1.54, 1.807) is 7.11 Å². The van der Waals surface area contributed by atoms with E-state index >= 15 is 0 Å². The van der Waals surface area contributed by atoms with Gasteiger partial charge in [-0.15, -0.1) is 0 Å². The van der Waals surface area contributed by atoms with Gasteiger partial charge >= 0.3 is 0 Å². The zero-order valence-electron chi connectivity index (χ0n) is 18.3. The molecule has 2 aliphatic heterocycles. The molecule has 2 aromatic carbocycles. The molecule has 0 unspecified atom stereocenters. The number of carbonyl (C=O) groups is 1. The van der Waals surface area contributed by atoms with Crippen LogP contribution in [0.5, 0.6) is 5.75 Å². The van der Waals surface area contributed by atoms with E-state index in [1.165, 1.54) is 16.9 Å². The van der Waals surface area contributed by atoms with Crippen LogP contribution in [0.15, 0.2) is 48.5 Å². The van der Waals surface area contributed by atoms with Crippen molar-refractivity contribution in [3.05, 3.63) is 54.1 Å².